The lowest BCUT2D eigenvalue weighted by Gasteiger charge is -2.26. The molecule has 0 aliphatic carbocycles. The quantitative estimate of drug-likeness (QED) is 0.411. The van der Waals surface area contributed by atoms with Crippen molar-refractivity contribution in [3.63, 3.8) is 0 Å². The van der Waals surface area contributed by atoms with Gasteiger partial charge in [-0.25, -0.2) is 4.98 Å². The van der Waals surface area contributed by atoms with Gasteiger partial charge in [0.2, 0.25) is 0 Å². The van der Waals surface area contributed by atoms with Gasteiger partial charge in [0.1, 0.15) is 17.1 Å². The molecule has 164 valence electrons. The molecule has 0 saturated heterocycles. The fourth-order valence-electron chi connectivity index (χ4n) is 3.00. The Bertz CT molecular complexity index is 937. The molecule has 0 aliphatic rings. The molecule has 2 aromatic carbocycles. The summed E-state index contributed by atoms with van der Waals surface area (Å²) < 4.78 is 17.3. The van der Waals surface area contributed by atoms with E-state index in [4.69, 9.17) is 19.2 Å². The van der Waals surface area contributed by atoms with E-state index in [1.807, 2.05) is 45.0 Å². The number of anilines is 1. The molecule has 0 bridgehead atoms. The lowest BCUT2D eigenvalue weighted by molar-refractivity contribution is 0.117. The van der Waals surface area contributed by atoms with Crippen molar-refractivity contribution in [3.05, 3.63) is 70.3 Å². The summed E-state index contributed by atoms with van der Waals surface area (Å²) in [6, 6.07) is 16.4. The van der Waals surface area contributed by atoms with E-state index < -0.39 is 0 Å². The highest BCUT2D eigenvalue weighted by Gasteiger charge is 2.19. The number of nitrogens with zero attached hydrogens (tertiary/aromatic N) is 3. The van der Waals surface area contributed by atoms with Gasteiger partial charge in [0.25, 0.3) is 0 Å². The van der Waals surface area contributed by atoms with Crippen molar-refractivity contribution in [2.24, 2.45) is 0 Å². The lowest BCUT2D eigenvalue weighted by atomic mass is 10.1. The van der Waals surface area contributed by atoms with E-state index >= 15 is 0 Å². The summed E-state index contributed by atoms with van der Waals surface area (Å²) in [4.78, 5) is 11.2. The Morgan fingerprint density at radius 3 is 1.74 bits per heavy atom. The van der Waals surface area contributed by atoms with Crippen molar-refractivity contribution in [2.45, 2.75) is 39.5 Å². The van der Waals surface area contributed by atoms with Gasteiger partial charge in [0.05, 0.1) is 24.9 Å². The van der Waals surface area contributed by atoms with Crippen LogP contribution in [0, 0.1) is 0 Å². The van der Waals surface area contributed by atoms with Crippen molar-refractivity contribution in [2.75, 3.05) is 19.1 Å². The zero-order valence-corrected chi connectivity index (χ0v) is 20.1. The predicted molar refractivity (Wildman–Crippen MR) is 126 cm³/mol. The summed E-state index contributed by atoms with van der Waals surface area (Å²) in [7, 11) is 3.33. The van der Waals surface area contributed by atoms with Crippen molar-refractivity contribution in [1.82, 2.24) is 9.97 Å². The number of methoxy groups -OCH3 is 2. The van der Waals surface area contributed by atoms with Crippen LogP contribution < -0.4 is 19.1 Å². The Morgan fingerprint density at radius 1 is 0.839 bits per heavy atom. The molecule has 6 nitrogen and oxygen atoms in total. The molecule has 0 saturated carbocycles. The standard InChI is InChI=1S/C24H28BrN3O3/c1-24(2,3)31-23-26-14-21(25)22(27-23)28(15-17-6-10-19(29-4)11-7-17)16-18-8-12-20(30-5)13-9-18/h6-14H,15-16H2,1-5H3. The maximum absolute atomic E-state index is 5.91. The third-order valence-corrected chi connectivity index (χ3v) is 5.02. The van der Waals surface area contributed by atoms with Crippen LogP contribution in [0.5, 0.6) is 17.5 Å². The van der Waals surface area contributed by atoms with Crippen LogP contribution in [0.15, 0.2) is 59.2 Å². The summed E-state index contributed by atoms with van der Waals surface area (Å²) in [6.45, 7) is 7.24. The lowest BCUT2D eigenvalue weighted by Crippen LogP contribution is -2.26. The van der Waals surface area contributed by atoms with Gasteiger partial charge in [-0.1, -0.05) is 24.3 Å². The summed E-state index contributed by atoms with van der Waals surface area (Å²) in [6.07, 6.45) is 1.73. The van der Waals surface area contributed by atoms with Crippen LogP contribution in [0.3, 0.4) is 0 Å². The summed E-state index contributed by atoms with van der Waals surface area (Å²) in [5, 5.41) is 0. The van der Waals surface area contributed by atoms with E-state index in [-0.39, 0.29) is 5.60 Å². The smallest absolute Gasteiger partial charge is 0.318 e. The molecule has 0 atom stereocenters. The maximum Gasteiger partial charge on any atom is 0.318 e. The fourth-order valence-corrected chi connectivity index (χ4v) is 3.44. The van der Waals surface area contributed by atoms with Gasteiger partial charge in [-0.15, -0.1) is 0 Å². The largest absolute Gasteiger partial charge is 0.497 e. The highest BCUT2D eigenvalue weighted by molar-refractivity contribution is 9.10. The average Bonchev–Trinajstić information content (AvgIpc) is 2.75. The Morgan fingerprint density at radius 2 is 1.32 bits per heavy atom. The minimum absolute atomic E-state index is 0.347. The van der Waals surface area contributed by atoms with E-state index in [0.717, 1.165) is 32.9 Å². The highest BCUT2D eigenvalue weighted by Crippen LogP contribution is 2.29. The van der Waals surface area contributed by atoms with Crippen LogP contribution >= 0.6 is 15.9 Å². The molecule has 0 N–H and O–H groups in total. The van der Waals surface area contributed by atoms with Crippen LogP contribution in [-0.4, -0.2) is 29.8 Å². The SMILES string of the molecule is COc1ccc(CN(Cc2ccc(OC)cc2)c2nc(OC(C)(C)C)ncc2Br)cc1. The van der Waals surface area contributed by atoms with Crippen LogP contribution in [0.2, 0.25) is 0 Å². The first-order valence-electron chi connectivity index (χ1n) is 10.00. The molecule has 3 aromatic rings. The number of benzene rings is 2. The first-order valence-corrected chi connectivity index (χ1v) is 10.8. The predicted octanol–water partition coefficient (Wildman–Crippen LogP) is 5.64. The van der Waals surface area contributed by atoms with E-state index in [2.05, 4.69) is 50.1 Å². The normalized spacial score (nSPS) is 11.2. The number of halogens is 1. The molecule has 0 unspecified atom stereocenters. The number of hydrogen-bond acceptors (Lipinski definition) is 6. The summed E-state index contributed by atoms with van der Waals surface area (Å²) >= 11 is 3.62. The van der Waals surface area contributed by atoms with E-state index in [9.17, 15) is 0 Å². The Labute approximate surface area is 192 Å². The topological polar surface area (TPSA) is 56.7 Å². The van der Waals surface area contributed by atoms with Crippen molar-refractivity contribution in [1.29, 1.82) is 0 Å². The molecule has 1 heterocycles. The molecule has 0 fully saturated rings. The van der Waals surface area contributed by atoms with Gasteiger partial charge in [-0.2, -0.15) is 4.98 Å². The third-order valence-electron chi connectivity index (χ3n) is 4.47. The third kappa shape index (κ3) is 6.59. The van der Waals surface area contributed by atoms with E-state index in [1.54, 1.807) is 20.4 Å². The van der Waals surface area contributed by atoms with Crippen LogP contribution in [-0.2, 0) is 13.1 Å². The number of ether oxygens (including phenoxy) is 3. The molecule has 0 spiro atoms. The molecular weight excluding hydrogens is 458 g/mol. The Hall–Kier alpha value is -2.80. The summed E-state index contributed by atoms with van der Waals surface area (Å²) in [5.74, 6) is 2.42. The van der Waals surface area contributed by atoms with Gasteiger partial charge in [0, 0.05) is 13.1 Å². The van der Waals surface area contributed by atoms with Crippen molar-refractivity contribution >= 4 is 21.7 Å². The first kappa shape index (κ1) is 22.9. The molecule has 0 amide bonds. The Balaban J connectivity index is 1.94. The fraction of sp³-hybridized carbons (Fsp3) is 0.333. The number of hydrogen-bond donors (Lipinski definition) is 0. The molecule has 1 aromatic heterocycles. The van der Waals surface area contributed by atoms with E-state index in [1.165, 1.54) is 0 Å². The average molecular weight is 486 g/mol. The number of rotatable bonds is 8. The zero-order valence-electron chi connectivity index (χ0n) is 18.6. The maximum atomic E-state index is 5.91. The molecule has 3 rings (SSSR count). The van der Waals surface area contributed by atoms with Crippen molar-refractivity contribution < 1.29 is 14.2 Å². The summed E-state index contributed by atoms with van der Waals surface area (Å²) in [5.41, 5.74) is 1.89. The van der Waals surface area contributed by atoms with Crippen LogP contribution in [0.1, 0.15) is 31.9 Å². The van der Waals surface area contributed by atoms with Gasteiger partial charge in [0.15, 0.2) is 5.82 Å². The Kier molecular flexibility index (Phi) is 7.38. The van der Waals surface area contributed by atoms with Crippen LogP contribution in [0.25, 0.3) is 0 Å². The van der Waals surface area contributed by atoms with Gasteiger partial charge in [-0.3, -0.25) is 0 Å². The van der Waals surface area contributed by atoms with Crippen molar-refractivity contribution in [3.8, 4) is 17.5 Å². The molecule has 31 heavy (non-hydrogen) atoms. The second kappa shape index (κ2) is 10.0. The zero-order chi connectivity index (χ0) is 22.4. The van der Waals surface area contributed by atoms with Gasteiger partial charge >= 0.3 is 6.01 Å². The highest BCUT2D eigenvalue weighted by atomic mass is 79.9. The first-order chi connectivity index (χ1) is 14.8. The monoisotopic (exact) mass is 485 g/mol. The minimum Gasteiger partial charge on any atom is -0.497 e. The number of aromatic nitrogens is 2. The van der Waals surface area contributed by atoms with Gasteiger partial charge in [-0.05, 0) is 72.1 Å². The minimum atomic E-state index is -0.387. The van der Waals surface area contributed by atoms with Crippen LogP contribution in [0.4, 0.5) is 5.82 Å². The second-order valence-electron chi connectivity index (χ2n) is 8.09. The second-order valence-corrected chi connectivity index (χ2v) is 8.95. The molecule has 7 heteroatoms. The van der Waals surface area contributed by atoms with Gasteiger partial charge < -0.3 is 19.1 Å². The molecule has 0 radical (unpaired) electrons. The molecular formula is C24H28BrN3O3. The molecule has 0 aliphatic heterocycles. The van der Waals surface area contributed by atoms with E-state index in [0.29, 0.717) is 19.1 Å².